The third kappa shape index (κ3) is 5.45. The Hall–Kier alpha value is -1.33. The molecule has 5 heteroatoms. The van der Waals surface area contributed by atoms with E-state index in [1.54, 1.807) is 24.3 Å². The van der Waals surface area contributed by atoms with Gasteiger partial charge in [-0.25, -0.2) is 4.79 Å². The number of carboxylic acid groups (broad SMARTS) is 2. The van der Waals surface area contributed by atoms with Crippen molar-refractivity contribution in [1.82, 2.24) is 0 Å². The van der Waals surface area contributed by atoms with Gasteiger partial charge in [0.15, 0.2) is 0 Å². The van der Waals surface area contributed by atoms with E-state index in [9.17, 15) is 0 Å². The van der Waals surface area contributed by atoms with E-state index in [2.05, 4.69) is 0 Å². The average molecular weight is 174 g/mol. The second kappa shape index (κ2) is 5.34. The number of aliphatic hydroxyl groups excluding tert-OH is 2. The van der Waals surface area contributed by atoms with Crippen molar-refractivity contribution in [3.8, 4) is 0 Å². The van der Waals surface area contributed by atoms with Crippen LogP contribution in [0.4, 0.5) is 4.79 Å². The fourth-order valence-corrected chi connectivity index (χ4v) is 0.584. The normalized spacial score (nSPS) is 25.8. The van der Waals surface area contributed by atoms with Gasteiger partial charge in [0, 0.05) is 0 Å². The molecule has 1 rings (SSSR count). The molecule has 0 aromatic carbocycles. The first-order chi connectivity index (χ1) is 5.54. The fraction of sp³-hybridized carbons (Fsp3) is 0.286. The molecular weight excluding hydrogens is 164 g/mol. The lowest BCUT2D eigenvalue weighted by Crippen LogP contribution is -2.22. The van der Waals surface area contributed by atoms with E-state index in [0.29, 0.717) is 0 Å². The second-order valence-corrected chi connectivity index (χ2v) is 2.03. The number of rotatable bonds is 0. The number of hydrogen-bond acceptors (Lipinski definition) is 3. The Bertz CT molecular complexity index is 176. The van der Waals surface area contributed by atoms with Crippen LogP contribution in [-0.4, -0.2) is 38.8 Å². The molecule has 0 saturated carbocycles. The van der Waals surface area contributed by atoms with Crippen LogP contribution < -0.4 is 0 Å². The maximum atomic E-state index is 8.79. The second-order valence-electron chi connectivity index (χ2n) is 2.03. The molecule has 68 valence electrons. The first kappa shape index (κ1) is 10.7. The first-order valence-corrected chi connectivity index (χ1v) is 3.17. The van der Waals surface area contributed by atoms with Crippen LogP contribution in [0.25, 0.3) is 0 Å². The van der Waals surface area contributed by atoms with Gasteiger partial charge in [-0.15, -0.1) is 0 Å². The lowest BCUT2D eigenvalue weighted by Gasteiger charge is -2.11. The van der Waals surface area contributed by atoms with Gasteiger partial charge in [-0.2, -0.15) is 0 Å². The van der Waals surface area contributed by atoms with E-state index in [1.165, 1.54) is 0 Å². The standard InChI is InChI=1S/C6H8O2.CH2O3/c7-5-3-1-2-4-6(5)8;2-1(3)4/h1-8H;(H2,2,3,4)/t5-,6-;/m0./s1. The Kier molecular flexibility index (Phi) is 4.75. The minimum Gasteiger partial charge on any atom is -0.450 e. The molecule has 0 aromatic rings. The van der Waals surface area contributed by atoms with Gasteiger partial charge in [0.05, 0.1) is 0 Å². The summed E-state index contributed by atoms with van der Waals surface area (Å²) in [4.78, 5) is 8.56. The quantitative estimate of drug-likeness (QED) is 0.416. The highest BCUT2D eigenvalue weighted by molar-refractivity contribution is 5.53. The first-order valence-electron chi connectivity index (χ1n) is 3.17. The Labute approximate surface area is 68.9 Å². The third-order valence-corrected chi connectivity index (χ3v) is 1.08. The SMILES string of the molecule is O=C(O)O.O[C@H]1C=CC=C[C@@H]1O. The number of aliphatic hydroxyl groups is 2. The van der Waals surface area contributed by atoms with E-state index in [-0.39, 0.29) is 0 Å². The monoisotopic (exact) mass is 174 g/mol. The van der Waals surface area contributed by atoms with Crippen LogP contribution in [0.15, 0.2) is 24.3 Å². The summed E-state index contributed by atoms with van der Waals surface area (Å²) in [6.07, 6.45) is 3.25. The molecule has 2 atom stereocenters. The van der Waals surface area contributed by atoms with Gasteiger partial charge in [-0.3, -0.25) is 0 Å². The Balaban J connectivity index is 0.000000261. The van der Waals surface area contributed by atoms with Gasteiger partial charge in [-0.1, -0.05) is 24.3 Å². The molecule has 0 saturated heterocycles. The predicted molar refractivity (Wildman–Crippen MR) is 40.9 cm³/mol. The van der Waals surface area contributed by atoms with Crippen LogP contribution in [0.1, 0.15) is 0 Å². The molecule has 0 spiro atoms. The van der Waals surface area contributed by atoms with Crippen molar-refractivity contribution >= 4 is 6.16 Å². The van der Waals surface area contributed by atoms with Crippen LogP contribution in [0.3, 0.4) is 0 Å². The minimum absolute atomic E-state index is 0.708. The van der Waals surface area contributed by atoms with Crippen LogP contribution in [0.2, 0.25) is 0 Å². The van der Waals surface area contributed by atoms with E-state index in [0.717, 1.165) is 0 Å². The van der Waals surface area contributed by atoms with Gasteiger partial charge < -0.3 is 20.4 Å². The van der Waals surface area contributed by atoms with E-state index in [4.69, 9.17) is 25.2 Å². The molecule has 4 N–H and O–H groups in total. The fourth-order valence-electron chi connectivity index (χ4n) is 0.584. The summed E-state index contributed by atoms with van der Waals surface area (Å²) in [5.74, 6) is 0. The Morgan fingerprint density at radius 1 is 1.00 bits per heavy atom. The number of carbonyl (C=O) groups is 1. The molecule has 0 bridgehead atoms. The summed E-state index contributed by atoms with van der Waals surface area (Å²) in [6.45, 7) is 0. The van der Waals surface area contributed by atoms with Gasteiger partial charge in [-0.05, 0) is 0 Å². The van der Waals surface area contributed by atoms with Gasteiger partial charge >= 0.3 is 6.16 Å². The van der Waals surface area contributed by atoms with E-state index >= 15 is 0 Å². The number of allylic oxidation sites excluding steroid dienone is 2. The molecule has 12 heavy (non-hydrogen) atoms. The minimum atomic E-state index is -1.83. The van der Waals surface area contributed by atoms with Gasteiger partial charge in [0.1, 0.15) is 12.2 Å². The molecule has 0 fully saturated rings. The summed E-state index contributed by atoms with van der Waals surface area (Å²) in [7, 11) is 0. The van der Waals surface area contributed by atoms with Crippen LogP contribution in [-0.2, 0) is 0 Å². The topological polar surface area (TPSA) is 98.0 Å². The zero-order chi connectivity index (χ0) is 9.56. The van der Waals surface area contributed by atoms with Crippen LogP contribution >= 0.6 is 0 Å². The van der Waals surface area contributed by atoms with Crippen molar-refractivity contribution in [3.63, 3.8) is 0 Å². The van der Waals surface area contributed by atoms with Gasteiger partial charge in [0.2, 0.25) is 0 Å². The van der Waals surface area contributed by atoms with Crippen molar-refractivity contribution in [1.29, 1.82) is 0 Å². The molecule has 5 nitrogen and oxygen atoms in total. The Morgan fingerprint density at radius 2 is 1.25 bits per heavy atom. The summed E-state index contributed by atoms with van der Waals surface area (Å²) >= 11 is 0. The van der Waals surface area contributed by atoms with Crippen LogP contribution in [0.5, 0.6) is 0 Å². The van der Waals surface area contributed by atoms with E-state index in [1.807, 2.05) is 0 Å². The molecular formula is C7H10O5. The summed E-state index contributed by atoms with van der Waals surface area (Å²) < 4.78 is 0. The summed E-state index contributed by atoms with van der Waals surface area (Å²) in [6, 6.07) is 0. The van der Waals surface area contributed by atoms with Crippen molar-refractivity contribution in [2.75, 3.05) is 0 Å². The van der Waals surface area contributed by atoms with Crippen molar-refractivity contribution in [2.45, 2.75) is 12.2 Å². The molecule has 1 aliphatic rings. The predicted octanol–water partition coefficient (Wildman–Crippen LogP) is 0.0566. The Morgan fingerprint density at radius 3 is 1.42 bits per heavy atom. The molecule has 1 aliphatic carbocycles. The largest absolute Gasteiger partial charge is 0.503 e. The lowest BCUT2D eigenvalue weighted by molar-refractivity contribution is 0.0794. The van der Waals surface area contributed by atoms with Crippen molar-refractivity contribution < 1.29 is 25.2 Å². The van der Waals surface area contributed by atoms with Crippen molar-refractivity contribution in [2.24, 2.45) is 0 Å². The number of hydrogen-bond donors (Lipinski definition) is 4. The maximum Gasteiger partial charge on any atom is 0.503 e. The molecule has 0 aromatic heterocycles. The zero-order valence-electron chi connectivity index (χ0n) is 6.16. The molecule has 0 amide bonds. The van der Waals surface area contributed by atoms with Crippen molar-refractivity contribution in [3.05, 3.63) is 24.3 Å². The summed E-state index contributed by atoms with van der Waals surface area (Å²) in [5.41, 5.74) is 0. The molecule has 0 heterocycles. The molecule has 0 unspecified atom stereocenters. The highest BCUT2D eigenvalue weighted by atomic mass is 16.6. The highest BCUT2D eigenvalue weighted by Gasteiger charge is 2.09. The molecule has 0 radical (unpaired) electrons. The summed E-state index contributed by atoms with van der Waals surface area (Å²) in [5, 5.41) is 31.5. The zero-order valence-corrected chi connectivity index (χ0v) is 6.16. The third-order valence-electron chi connectivity index (χ3n) is 1.08. The van der Waals surface area contributed by atoms with E-state index < -0.39 is 18.4 Å². The highest BCUT2D eigenvalue weighted by Crippen LogP contribution is 2.02. The maximum absolute atomic E-state index is 8.79. The average Bonchev–Trinajstić information content (AvgIpc) is 1.94. The smallest absolute Gasteiger partial charge is 0.450 e. The van der Waals surface area contributed by atoms with Crippen LogP contribution in [0, 0.1) is 0 Å². The lowest BCUT2D eigenvalue weighted by atomic mass is 10.1. The van der Waals surface area contributed by atoms with Gasteiger partial charge in [0.25, 0.3) is 0 Å². The molecule has 0 aliphatic heterocycles.